The third kappa shape index (κ3) is 1.83. The highest BCUT2D eigenvalue weighted by Gasteiger charge is 2.37. The minimum atomic E-state index is -1.25. The molecular weight excluding hydrogens is 253 g/mol. The van der Waals surface area contributed by atoms with Crippen LogP contribution in [0.1, 0.15) is 18.3 Å². The van der Waals surface area contributed by atoms with Crippen LogP contribution in [0.25, 0.3) is 11.2 Å². The van der Waals surface area contributed by atoms with E-state index in [-0.39, 0.29) is 18.7 Å². The van der Waals surface area contributed by atoms with Crippen molar-refractivity contribution in [3.05, 3.63) is 18.3 Å². The first-order chi connectivity index (χ1) is 9.24. The van der Waals surface area contributed by atoms with Gasteiger partial charge in [-0.2, -0.15) is 5.26 Å². The van der Waals surface area contributed by atoms with E-state index < -0.39 is 18.5 Å². The van der Waals surface area contributed by atoms with Gasteiger partial charge < -0.3 is 9.84 Å². The van der Waals surface area contributed by atoms with Gasteiger partial charge in [0.05, 0.1) is 19.0 Å². The average Bonchev–Trinajstić information content (AvgIpc) is 3.01. The van der Waals surface area contributed by atoms with Gasteiger partial charge in [0.15, 0.2) is 17.6 Å². The van der Waals surface area contributed by atoms with Crippen LogP contribution in [0.3, 0.4) is 0 Å². The number of imidazole rings is 1. The Kier molecular flexibility index (Phi) is 2.85. The molecule has 98 valence electrons. The minimum Gasteiger partial charge on any atom is -0.394 e. The Morgan fingerprint density at radius 3 is 3.05 bits per heavy atom. The standard InChI is InChI=1S/C11H10FN5O2/c12-7-1-6(3-18)19-11(7)17-5-16-9-8(2-13)14-4-15-10(9)17/h4-7,11,18H,1,3H2/t6-,7+,11+/m0/s1. The van der Waals surface area contributed by atoms with Crippen LogP contribution < -0.4 is 0 Å². The van der Waals surface area contributed by atoms with Gasteiger partial charge >= 0.3 is 0 Å². The molecule has 0 aromatic carbocycles. The Labute approximate surface area is 107 Å². The number of nitriles is 1. The Balaban J connectivity index is 2.05. The van der Waals surface area contributed by atoms with Gasteiger partial charge in [-0.1, -0.05) is 0 Å². The number of ether oxygens (including phenoxy) is 1. The summed E-state index contributed by atoms with van der Waals surface area (Å²) >= 11 is 0. The van der Waals surface area contributed by atoms with E-state index in [4.69, 9.17) is 15.1 Å². The maximum absolute atomic E-state index is 13.9. The number of hydrogen-bond donors (Lipinski definition) is 1. The van der Waals surface area contributed by atoms with E-state index in [1.165, 1.54) is 17.2 Å². The summed E-state index contributed by atoms with van der Waals surface area (Å²) in [6.45, 7) is -0.234. The third-order valence-corrected chi connectivity index (χ3v) is 3.07. The van der Waals surface area contributed by atoms with Crippen molar-refractivity contribution in [1.29, 1.82) is 5.26 Å². The lowest BCUT2D eigenvalue weighted by Gasteiger charge is -2.15. The van der Waals surface area contributed by atoms with Crippen LogP contribution in [0.4, 0.5) is 4.39 Å². The molecule has 3 heterocycles. The van der Waals surface area contributed by atoms with E-state index in [2.05, 4.69) is 15.0 Å². The van der Waals surface area contributed by atoms with E-state index in [0.29, 0.717) is 11.2 Å². The van der Waals surface area contributed by atoms with Crippen molar-refractivity contribution in [2.24, 2.45) is 0 Å². The molecule has 7 nitrogen and oxygen atoms in total. The smallest absolute Gasteiger partial charge is 0.171 e. The molecule has 0 saturated carbocycles. The number of halogens is 1. The van der Waals surface area contributed by atoms with Crippen LogP contribution in [-0.2, 0) is 4.74 Å². The zero-order chi connectivity index (χ0) is 13.4. The van der Waals surface area contributed by atoms with E-state index in [9.17, 15) is 4.39 Å². The van der Waals surface area contributed by atoms with Crippen molar-refractivity contribution < 1.29 is 14.2 Å². The molecule has 2 aromatic heterocycles. The first-order valence-corrected chi connectivity index (χ1v) is 5.72. The Morgan fingerprint density at radius 1 is 1.53 bits per heavy atom. The van der Waals surface area contributed by atoms with Crippen molar-refractivity contribution in [2.45, 2.75) is 24.9 Å². The van der Waals surface area contributed by atoms with Crippen LogP contribution in [0.15, 0.2) is 12.7 Å². The summed E-state index contributed by atoms with van der Waals surface area (Å²) in [5.74, 6) is 0. The van der Waals surface area contributed by atoms with Crippen LogP contribution in [0.2, 0.25) is 0 Å². The molecule has 3 rings (SSSR count). The first kappa shape index (κ1) is 12.0. The number of nitrogens with zero attached hydrogens (tertiary/aromatic N) is 5. The molecule has 3 atom stereocenters. The van der Waals surface area contributed by atoms with E-state index >= 15 is 0 Å². The molecule has 0 aliphatic carbocycles. The van der Waals surface area contributed by atoms with E-state index in [1.807, 2.05) is 6.07 Å². The van der Waals surface area contributed by atoms with Gasteiger partial charge in [0.1, 0.15) is 24.1 Å². The van der Waals surface area contributed by atoms with Crippen molar-refractivity contribution in [3.8, 4) is 6.07 Å². The summed E-state index contributed by atoms with van der Waals surface area (Å²) in [6.07, 6.45) is 0.0484. The van der Waals surface area contributed by atoms with Gasteiger partial charge in [-0.25, -0.2) is 19.3 Å². The quantitative estimate of drug-likeness (QED) is 0.837. The molecule has 1 aliphatic heterocycles. The van der Waals surface area contributed by atoms with Crippen molar-refractivity contribution >= 4 is 11.2 Å². The predicted octanol–water partition coefficient (Wildman–Crippen LogP) is 0.316. The van der Waals surface area contributed by atoms with Gasteiger partial charge in [-0.15, -0.1) is 0 Å². The predicted molar refractivity (Wildman–Crippen MR) is 60.5 cm³/mol. The van der Waals surface area contributed by atoms with Gasteiger partial charge in [-0.05, 0) is 0 Å². The Hall–Kier alpha value is -2.11. The highest BCUT2D eigenvalue weighted by molar-refractivity contribution is 5.75. The average molecular weight is 263 g/mol. The zero-order valence-corrected chi connectivity index (χ0v) is 9.77. The highest BCUT2D eigenvalue weighted by atomic mass is 19.1. The molecule has 1 fully saturated rings. The molecule has 0 bridgehead atoms. The lowest BCUT2D eigenvalue weighted by atomic mass is 10.2. The fourth-order valence-electron chi connectivity index (χ4n) is 2.18. The fraction of sp³-hybridized carbons (Fsp3) is 0.455. The largest absolute Gasteiger partial charge is 0.394 e. The molecule has 0 unspecified atom stereocenters. The van der Waals surface area contributed by atoms with Gasteiger partial charge in [0.25, 0.3) is 0 Å². The summed E-state index contributed by atoms with van der Waals surface area (Å²) in [7, 11) is 0. The number of fused-ring (bicyclic) bond motifs is 1. The maximum atomic E-state index is 13.9. The highest BCUT2D eigenvalue weighted by Crippen LogP contribution is 2.32. The van der Waals surface area contributed by atoms with Gasteiger partial charge in [0.2, 0.25) is 0 Å². The van der Waals surface area contributed by atoms with E-state index in [0.717, 1.165) is 0 Å². The molecule has 2 aromatic rings. The minimum absolute atomic E-state index is 0.122. The zero-order valence-electron chi connectivity index (χ0n) is 9.77. The van der Waals surface area contributed by atoms with Crippen molar-refractivity contribution in [3.63, 3.8) is 0 Å². The second-order valence-corrected chi connectivity index (χ2v) is 4.24. The van der Waals surface area contributed by atoms with Crippen LogP contribution >= 0.6 is 0 Å². The monoisotopic (exact) mass is 263 g/mol. The number of alkyl halides is 1. The van der Waals surface area contributed by atoms with Gasteiger partial charge in [-0.3, -0.25) is 4.57 Å². The maximum Gasteiger partial charge on any atom is 0.171 e. The SMILES string of the molecule is N#Cc1ncnc2c1ncn2[C@@H]1O[C@H](CO)C[C@H]1F. The third-order valence-electron chi connectivity index (χ3n) is 3.07. The topological polar surface area (TPSA) is 96.9 Å². The van der Waals surface area contributed by atoms with Crippen LogP contribution in [0.5, 0.6) is 0 Å². The molecular formula is C11H10FN5O2. The normalized spacial score (nSPS) is 26.7. The second-order valence-electron chi connectivity index (χ2n) is 4.24. The van der Waals surface area contributed by atoms with Crippen LogP contribution in [0, 0.1) is 11.3 Å². The summed E-state index contributed by atoms with van der Waals surface area (Å²) in [6, 6.07) is 1.90. The molecule has 0 spiro atoms. The summed E-state index contributed by atoms with van der Waals surface area (Å²) in [4.78, 5) is 11.8. The summed E-state index contributed by atoms with van der Waals surface area (Å²) in [5, 5.41) is 17.9. The number of rotatable bonds is 2. The molecule has 19 heavy (non-hydrogen) atoms. The molecule has 0 amide bonds. The Morgan fingerprint density at radius 2 is 2.37 bits per heavy atom. The molecule has 1 aliphatic rings. The molecule has 8 heteroatoms. The lowest BCUT2D eigenvalue weighted by molar-refractivity contribution is -0.0351. The lowest BCUT2D eigenvalue weighted by Crippen LogP contribution is -2.16. The van der Waals surface area contributed by atoms with E-state index in [1.54, 1.807) is 0 Å². The molecule has 1 saturated heterocycles. The summed E-state index contributed by atoms with van der Waals surface area (Å²) < 4.78 is 20.7. The molecule has 1 N–H and O–H groups in total. The first-order valence-electron chi connectivity index (χ1n) is 5.72. The second kappa shape index (κ2) is 4.53. The van der Waals surface area contributed by atoms with Crippen LogP contribution in [-0.4, -0.2) is 43.5 Å². The Bertz CT molecular complexity index is 652. The van der Waals surface area contributed by atoms with Gasteiger partial charge in [0, 0.05) is 6.42 Å². The van der Waals surface area contributed by atoms with Crippen molar-refractivity contribution in [2.75, 3.05) is 6.61 Å². The fourth-order valence-corrected chi connectivity index (χ4v) is 2.18. The molecule has 0 radical (unpaired) electrons. The summed E-state index contributed by atoms with van der Waals surface area (Å²) in [5.41, 5.74) is 0.793. The number of aliphatic hydroxyl groups is 1. The number of hydrogen-bond acceptors (Lipinski definition) is 6. The number of aromatic nitrogens is 4. The van der Waals surface area contributed by atoms with Crippen molar-refractivity contribution in [1.82, 2.24) is 19.5 Å². The number of aliphatic hydroxyl groups excluding tert-OH is 1.